The van der Waals surface area contributed by atoms with Gasteiger partial charge in [-0.05, 0) is 48.4 Å². The lowest BCUT2D eigenvalue weighted by atomic mass is 10.2. The van der Waals surface area contributed by atoms with Crippen LogP contribution in [0.2, 0.25) is 0 Å². The summed E-state index contributed by atoms with van der Waals surface area (Å²) in [6, 6.07) is 22.3. The molecule has 1 aromatic heterocycles. The van der Waals surface area contributed by atoms with Gasteiger partial charge in [0.25, 0.3) is 5.91 Å². The Kier molecular flexibility index (Phi) is 6.23. The lowest BCUT2D eigenvalue weighted by Crippen LogP contribution is -2.25. The second-order valence-corrected chi connectivity index (χ2v) is 7.99. The van der Waals surface area contributed by atoms with Gasteiger partial charge in [0.2, 0.25) is 0 Å². The van der Waals surface area contributed by atoms with Gasteiger partial charge in [0.1, 0.15) is 11.6 Å². The van der Waals surface area contributed by atoms with Crippen LogP contribution in [0.5, 0.6) is 0 Å². The van der Waals surface area contributed by atoms with Gasteiger partial charge in [-0.15, -0.1) is 0 Å². The lowest BCUT2D eigenvalue weighted by Gasteiger charge is -2.10. The maximum atomic E-state index is 13.7. The Balaban J connectivity index is 1.46. The van der Waals surface area contributed by atoms with E-state index >= 15 is 0 Å². The SMILES string of the molecule is O=C(NCCCc1nc2ccccc2n1Cc1cccc(Br)c1)c1ccccc1F. The van der Waals surface area contributed by atoms with Crippen LogP contribution in [0.25, 0.3) is 11.0 Å². The molecule has 0 atom stereocenters. The first-order valence-corrected chi connectivity index (χ1v) is 10.6. The molecule has 4 aromatic rings. The molecular formula is C24H21BrFN3O. The standard InChI is InChI=1S/C24H21BrFN3O/c25-18-8-5-7-17(15-18)16-29-22-12-4-3-11-21(22)28-23(29)13-6-14-27-24(30)19-9-1-2-10-20(19)26/h1-5,7-12,15H,6,13-14,16H2,(H,27,30). The van der Waals surface area contributed by atoms with Crippen molar-refractivity contribution < 1.29 is 9.18 Å². The number of carbonyl (C=O) groups excluding carboxylic acids is 1. The quantitative estimate of drug-likeness (QED) is 0.374. The summed E-state index contributed by atoms with van der Waals surface area (Å²) < 4.78 is 17.0. The minimum Gasteiger partial charge on any atom is -0.352 e. The zero-order chi connectivity index (χ0) is 20.9. The van der Waals surface area contributed by atoms with Crippen molar-refractivity contribution in [3.05, 3.63) is 100 Å². The van der Waals surface area contributed by atoms with Crippen molar-refractivity contribution >= 4 is 32.9 Å². The largest absolute Gasteiger partial charge is 0.352 e. The van der Waals surface area contributed by atoms with Crippen LogP contribution < -0.4 is 5.32 Å². The number of nitrogens with one attached hydrogen (secondary N) is 1. The molecule has 0 unspecified atom stereocenters. The number of aromatic nitrogens is 2. The second-order valence-electron chi connectivity index (χ2n) is 7.07. The zero-order valence-electron chi connectivity index (χ0n) is 16.3. The van der Waals surface area contributed by atoms with Gasteiger partial charge in [0.05, 0.1) is 16.6 Å². The molecule has 0 aliphatic rings. The number of hydrogen-bond donors (Lipinski definition) is 1. The van der Waals surface area contributed by atoms with Crippen LogP contribution in [-0.2, 0) is 13.0 Å². The number of halogens is 2. The van der Waals surface area contributed by atoms with Crippen molar-refractivity contribution in [3.8, 4) is 0 Å². The highest BCUT2D eigenvalue weighted by atomic mass is 79.9. The highest BCUT2D eigenvalue weighted by Crippen LogP contribution is 2.20. The molecule has 6 heteroatoms. The van der Waals surface area contributed by atoms with Gasteiger partial charge < -0.3 is 9.88 Å². The minimum atomic E-state index is -0.509. The van der Waals surface area contributed by atoms with Crippen LogP contribution in [0.15, 0.2) is 77.3 Å². The van der Waals surface area contributed by atoms with Crippen LogP contribution in [-0.4, -0.2) is 22.0 Å². The second kappa shape index (κ2) is 9.22. The van der Waals surface area contributed by atoms with Crippen molar-refractivity contribution in [1.29, 1.82) is 0 Å². The van der Waals surface area contributed by atoms with Crippen molar-refractivity contribution in [2.24, 2.45) is 0 Å². The topological polar surface area (TPSA) is 46.9 Å². The first kappa shape index (κ1) is 20.3. The third-order valence-corrected chi connectivity index (χ3v) is 5.44. The van der Waals surface area contributed by atoms with E-state index in [1.165, 1.54) is 17.7 Å². The molecule has 152 valence electrons. The molecule has 0 aliphatic carbocycles. The van der Waals surface area contributed by atoms with Crippen LogP contribution >= 0.6 is 15.9 Å². The summed E-state index contributed by atoms with van der Waals surface area (Å²) >= 11 is 3.53. The van der Waals surface area contributed by atoms with Crippen LogP contribution in [0.1, 0.15) is 28.2 Å². The molecule has 4 nitrogen and oxygen atoms in total. The van der Waals surface area contributed by atoms with Crippen molar-refractivity contribution in [1.82, 2.24) is 14.9 Å². The molecule has 0 radical (unpaired) electrons. The van der Waals surface area contributed by atoms with E-state index in [0.717, 1.165) is 27.9 Å². The zero-order valence-corrected chi connectivity index (χ0v) is 17.9. The van der Waals surface area contributed by atoms with Gasteiger partial charge in [-0.2, -0.15) is 0 Å². The predicted octanol–water partition coefficient (Wildman–Crippen LogP) is 5.35. The van der Waals surface area contributed by atoms with E-state index in [1.807, 2.05) is 30.3 Å². The van der Waals surface area contributed by atoms with E-state index in [4.69, 9.17) is 4.98 Å². The molecule has 1 N–H and O–H groups in total. The highest BCUT2D eigenvalue weighted by molar-refractivity contribution is 9.10. The fourth-order valence-corrected chi connectivity index (χ4v) is 3.95. The van der Waals surface area contributed by atoms with Gasteiger partial charge in [-0.3, -0.25) is 4.79 Å². The number of imidazole rings is 1. The molecule has 3 aromatic carbocycles. The Bertz CT molecular complexity index is 1190. The smallest absolute Gasteiger partial charge is 0.254 e. The Hall–Kier alpha value is -2.99. The average Bonchev–Trinajstić information content (AvgIpc) is 3.09. The monoisotopic (exact) mass is 465 g/mol. The molecule has 0 fully saturated rings. The molecule has 1 amide bonds. The molecule has 30 heavy (non-hydrogen) atoms. The summed E-state index contributed by atoms with van der Waals surface area (Å²) in [5.41, 5.74) is 3.29. The summed E-state index contributed by atoms with van der Waals surface area (Å²) in [6.45, 7) is 1.17. The number of para-hydroxylation sites is 2. The summed E-state index contributed by atoms with van der Waals surface area (Å²) in [5, 5.41) is 2.80. The number of carbonyl (C=O) groups is 1. The third-order valence-electron chi connectivity index (χ3n) is 4.94. The highest BCUT2D eigenvalue weighted by Gasteiger charge is 2.13. The number of rotatable bonds is 7. The number of benzene rings is 3. The summed E-state index contributed by atoms with van der Waals surface area (Å²) in [5.74, 6) is 0.0675. The first-order valence-electron chi connectivity index (χ1n) is 9.83. The van der Waals surface area contributed by atoms with E-state index in [9.17, 15) is 9.18 Å². The maximum Gasteiger partial charge on any atom is 0.254 e. The number of aryl methyl sites for hydroxylation is 1. The molecule has 0 saturated heterocycles. The molecular weight excluding hydrogens is 445 g/mol. The van der Waals surface area contributed by atoms with Crippen molar-refractivity contribution in [2.75, 3.05) is 6.54 Å². The number of fused-ring (bicyclic) bond motifs is 1. The Morgan fingerprint density at radius 2 is 1.83 bits per heavy atom. The fraction of sp³-hybridized carbons (Fsp3) is 0.167. The fourth-order valence-electron chi connectivity index (χ4n) is 3.50. The normalized spacial score (nSPS) is 11.0. The van der Waals surface area contributed by atoms with E-state index in [-0.39, 0.29) is 5.56 Å². The number of nitrogens with zero attached hydrogens (tertiary/aromatic N) is 2. The minimum absolute atomic E-state index is 0.0689. The van der Waals surface area contributed by atoms with E-state index in [0.29, 0.717) is 19.4 Å². The molecule has 0 aliphatic heterocycles. The number of amides is 1. The number of hydrogen-bond acceptors (Lipinski definition) is 2. The van der Waals surface area contributed by atoms with Crippen molar-refractivity contribution in [2.45, 2.75) is 19.4 Å². The van der Waals surface area contributed by atoms with Crippen LogP contribution in [0, 0.1) is 5.82 Å². The predicted molar refractivity (Wildman–Crippen MR) is 120 cm³/mol. The van der Waals surface area contributed by atoms with E-state index < -0.39 is 11.7 Å². The summed E-state index contributed by atoms with van der Waals surface area (Å²) in [7, 11) is 0. The molecule has 0 saturated carbocycles. The van der Waals surface area contributed by atoms with Gasteiger partial charge in [-0.1, -0.05) is 52.3 Å². The summed E-state index contributed by atoms with van der Waals surface area (Å²) in [4.78, 5) is 17.0. The third kappa shape index (κ3) is 4.60. The van der Waals surface area contributed by atoms with Crippen molar-refractivity contribution in [3.63, 3.8) is 0 Å². The molecule has 4 rings (SSSR count). The average molecular weight is 466 g/mol. The Morgan fingerprint density at radius 1 is 1.03 bits per heavy atom. The van der Waals surface area contributed by atoms with Gasteiger partial charge in [0, 0.05) is 24.0 Å². The van der Waals surface area contributed by atoms with Crippen LogP contribution in [0.4, 0.5) is 4.39 Å². The van der Waals surface area contributed by atoms with E-state index in [1.54, 1.807) is 12.1 Å². The van der Waals surface area contributed by atoms with Gasteiger partial charge >= 0.3 is 0 Å². The first-order chi connectivity index (χ1) is 14.6. The van der Waals surface area contributed by atoms with Crippen LogP contribution in [0.3, 0.4) is 0 Å². The van der Waals surface area contributed by atoms with E-state index in [2.05, 4.69) is 44.0 Å². The maximum absolute atomic E-state index is 13.7. The molecule has 0 spiro atoms. The Morgan fingerprint density at radius 3 is 2.67 bits per heavy atom. The van der Waals surface area contributed by atoms with Gasteiger partial charge in [-0.25, -0.2) is 9.37 Å². The summed E-state index contributed by atoms with van der Waals surface area (Å²) in [6.07, 6.45) is 1.42. The molecule has 1 heterocycles. The molecule has 0 bridgehead atoms. The lowest BCUT2D eigenvalue weighted by molar-refractivity contribution is 0.0949. The van der Waals surface area contributed by atoms with Gasteiger partial charge in [0.15, 0.2) is 0 Å². The Labute approximate surface area is 182 Å².